The Labute approximate surface area is 177 Å². The smallest absolute Gasteiger partial charge is 0.110 e. The van der Waals surface area contributed by atoms with Crippen LogP contribution in [-0.2, 0) is 13.0 Å². The highest BCUT2D eigenvalue weighted by atomic mass is 35.5. The monoisotopic (exact) mass is 415 g/mol. The molecule has 0 bridgehead atoms. The van der Waals surface area contributed by atoms with E-state index in [9.17, 15) is 0 Å². The van der Waals surface area contributed by atoms with Crippen LogP contribution in [0.2, 0.25) is 10.0 Å². The molecule has 5 heteroatoms. The molecule has 1 saturated heterocycles. The number of para-hydroxylation sites is 2. The molecule has 0 unspecified atom stereocenters. The van der Waals surface area contributed by atoms with Gasteiger partial charge in [-0.05, 0) is 63.2 Å². The normalized spacial score (nSPS) is 15.8. The molecule has 0 aliphatic carbocycles. The van der Waals surface area contributed by atoms with Crippen molar-refractivity contribution in [1.29, 1.82) is 0 Å². The maximum atomic E-state index is 6.45. The average Bonchev–Trinajstić information content (AvgIpc) is 2.85. The minimum atomic E-state index is 0.651. The number of imidazole rings is 1. The fraction of sp³-hybridized carbons (Fsp3) is 0.435. The number of hydrogen-bond acceptors (Lipinski definition) is 2. The third-order valence-electron chi connectivity index (χ3n) is 5.68. The molecule has 1 fully saturated rings. The molecule has 0 atom stereocenters. The lowest BCUT2D eigenvalue weighted by Crippen LogP contribution is -2.26. The zero-order valence-corrected chi connectivity index (χ0v) is 17.7. The second-order valence-corrected chi connectivity index (χ2v) is 8.48. The highest BCUT2D eigenvalue weighted by molar-refractivity contribution is 6.36. The van der Waals surface area contributed by atoms with Gasteiger partial charge < -0.3 is 9.47 Å². The third kappa shape index (κ3) is 4.53. The molecular weight excluding hydrogens is 389 g/mol. The van der Waals surface area contributed by atoms with E-state index in [2.05, 4.69) is 27.7 Å². The first-order chi connectivity index (χ1) is 13.7. The van der Waals surface area contributed by atoms with Crippen LogP contribution >= 0.6 is 23.2 Å². The molecule has 0 amide bonds. The van der Waals surface area contributed by atoms with Crippen LogP contribution in [0.5, 0.6) is 0 Å². The van der Waals surface area contributed by atoms with E-state index in [0.717, 1.165) is 41.8 Å². The highest BCUT2D eigenvalue weighted by Crippen LogP contribution is 2.28. The Kier molecular flexibility index (Phi) is 6.56. The van der Waals surface area contributed by atoms with Gasteiger partial charge >= 0.3 is 0 Å². The molecule has 28 heavy (non-hydrogen) atoms. The number of likely N-dealkylation sites (tertiary alicyclic amines) is 1. The van der Waals surface area contributed by atoms with E-state index in [1.54, 1.807) is 0 Å². The topological polar surface area (TPSA) is 21.1 Å². The zero-order chi connectivity index (χ0) is 19.3. The number of aryl methyl sites for hydroxylation is 1. The van der Waals surface area contributed by atoms with Gasteiger partial charge in [-0.1, -0.05) is 54.2 Å². The van der Waals surface area contributed by atoms with Gasteiger partial charge in [0.25, 0.3) is 0 Å². The quantitative estimate of drug-likeness (QED) is 0.477. The van der Waals surface area contributed by atoms with Crippen molar-refractivity contribution in [1.82, 2.24) is 14.5 Å². The van der Waals surface area contributed by atoms with Crippen LogP contribution in [0, 0.1) is 0 Å². The highest BCUT2D eigenvalue weighted by Gasteiger charge is 2.15. The lowest BCUT2D eigenvalue weighted by molar-refractivity contribution is 0.280. The van der Waals surface area contributed by atoms with Crippen molar-refractivity contribution < 1.29 is 0 Å². The predicted molar refractivity (Wildman–Crippen MR) is 119 cm³/mol. The van der Waals surface area contributed by atoms with Gasteiger partial charge in [0.1, 0.15) is 5.82 Å². The standard InChI is InChI=1S/C23H27Cl2N3/c24-19-9-7-10-20(25)18(19)17-28-22-12-4-3-11-21(22)26-23(28)13-8-16-27-14-5-1-2-6-15-27/h3-4,7,9-12H,1-2,5-6,8,13-17H2. The predicted octanol–water partition coefficient (Wildman–Crippen LogP) is 6.20. The molecule has 3 aromatic rings. The average molecular weight is 416 g/mol. The van der Waals surface area contributed by atoms with Gasteiger partial charge in [0.2, 0.25) is 0 Å². The van der Waals surface area contributed by atoms with E-state index in [4.69, 9.17) is 28.2 Å². The van der Waals surface area contributed by atoms with Crippen LogP contribution in [0.3, 0.4) is 0 Å². The van der Waals surface area contributed by atoms with E-state index < -0.39 is 0 Å². The van der Waals surface area contributed by atoms with E-state index in [1.807, 2.05) is 24.3 Å². The maximum Gasteiger partial charge on any atom is 0.110 e. The minimum absolute atomic E-state index is 0.651. The Morgan fingerprint density at radius 2 is 1.57 bits per heavy atom. The minimum Gasteiger partial charge on any atom is -0.323 e. The summed E-state index contributed by atoms with van der Waals surface area (Å²) in [6, 6.07) is 14.0. The molecule has 0 saturated carbocycles. The molecule has 0 radical (unpaired) electrons. The van der Waals surface area contributed by atoms with Crippen LogP contribution in [-0.4, -0.2) is 34.1 Å². The van der Waals surface area contributed by atoms with Crippen LogP contribution < -0.4 is 0 Å². The van der Waals surface area contributed by atoms with E-state index >= 15 is 0 Å². The number of aromatic nitrogens is 2. The van der Waals surface area contributed by atoms with Crippen LogP contribution in [0.1, 0.15) is 43.5 Å². The number of nitrogens with zero attached hydrogens (tertiary/aromatic N) is 3. The lowest BCUT2D eigenvalue weighted by Gasteiger charge is -2.19. The van der Waals surface area contributed by atoms with Crippen molar-refractivity contribution in [2.75, 3.05) is 19.6 Å². The number of benzene rings is 2. The summed E-state index contributed by atoms with van der Waals surface area (Å²) in [5, 5.41) is 1.42. The first-order valence-corrected chi connectivity index (χ1v) is 11.1. The molecule has 2 aromatic carbocycles. The van der Waals surface area contributed by atoms with Crippen molar-refractivity contribution in [2.24, 2.45) is 0 Å². The van der Waals surface area contributed by atoms with Crippen molar-refractivity contribution >= 4 is 34.2 Å². The van der Waals surface area contributed by atoms with Crippen molar-refractivity contribution in [2.45, 2.75) is 45.1 Å². The van der Waals surface area contributed by atoms with Crippen LogP contribution in [0.15, 0.2) is 42.5 Å². The summed E-state index contributed by atoms with van der Waals surface area (Å²) in [6.07, 6.45) is 7.52. The first-order valence-electron chi connectivity index (χ1n) is 10.3. The van der Waals surface area contributed by atoms with Crippen molar-refractivity contribution in [3.05, 3.63) is 63.9 Å². The second-order valence-electron chi connectivity index (χ2n) is 7.66. The van der Waals surface area contributed by atoms with Crippen LogP contribution in [0.4, 0.5) is 0 Å². The second kappa shape index (κ2) is 9.30. The lowest BCUT2D eigenvalue weighted by atomic mass is 10.2. The summed E-state index contributed by atoms with van der Waals surface area (Å²) in [5.41, 5.74) is 3.14. The van der Waals surface area contributed by atoms with Gasteiger partial charge in [0.15, 0.2) is 0 Å². The third-order valence-corrected chi connectivity index (χ3v) is 6.39. The SMILES string of the molecule is Clc1cccc(Cl)c1Cn1c(CCCN2CCCCCC2)nc2ccccc21. The molecule has 1 aromatic heterocycles. The fourth-order valence-corrected chi connectivity index (χ4v) is 4.67. The van der Waals surface area contributed by atoms with Gasteiger partial charge in [-0.15, -0.1) is 0 Å². The van der Waals surface area contributed by atoms with Crippen molar-refractivity contribution in [3.63, 3.8) is 0 Å². The molecule has 148 valence electrons. The zero-order valence-electron chi connectivity index (χ0n) is 16.2. The molecule has 1 aliphatic heterocycles. The largest absolute Gasteiger partial charge is 0.323 e. The molecule has 0 spiro atoms. The van der Waals surface area contributed by atoms with E-state index in [1.165, 1.54) is 38.8 Å². The fourth-order valence-electron chi connectivity index (χ4n) is 4.15. The Bertz CT molecular complexity index is 906. The summed E-state index contributed by atoms with van der Waals surface area (Å²) >= 11 is 12.9. The maximum absolute atomic E-state index is 6.45. The Balaban J connectivity index is 1.55. The van der Waals surface area contributed by atoms with E-state index in [0.29, 0.717) is 16.6 Å². The van der Waals surface area contributed by atoms with Crippen molar-refractivity contribution in [3.8, 4) is 0 Å². The Morgan fingerprint density at radius 3 is 2.32 bits per heavy atom. The summed E-state index contributed by atoms with van der Waals surface area (Å²) in [6.45, 7) is 4.28. The van der Waals surface area contributed by atoms with Gasteiger partial charge in [-0.2, -0.15) is 0 Å². The molecular formula is C23H27Cl2N3. The van der Waals surface area contributed by atoms with Crippen LogP contribution in [0.25, 0.3) is 11.0 Å². The summed E-state index contributed by atoms with van der Waals surface area (Å²) in [4.78, 5) is 7.54. The van der Waals surface area contributed by atoms with Gasteiger partial charge in [0.05, 0.1) is 17.6 Å². The Morgan fingerprint density at radius 1 is 0.857 bits per heavy atom. The van der Waals surface area contributed by atoms with Gasteiger partial charge in [0, 0.05) is 22.0 Å². The number of hydrogen-bond donors (Lipinski definition) is 0. The number of rotatable bonds is 6. The summed E-state index contributed by atoms with van der Waals surface area (Å²) in [5.74, 6) is 1.12. The van der Waals surface area contributed by atoms with Gasteiger partial charge in [-0.3, -0.25) is 0 Å². The summed E-state index contributed by atoms with van der Waals surface area (Å²) < 4.78 is 2.28. The molecule has 2 heterocycles. The van der Waals surface area contributed by atoms with Gasteiger partial charge in [-0.25, -0.2) is 4.98 Å². The summed E-state index contributed by atoms with van der Waals surface area (Å²) in [7, 11) is 0. The first kappa shape index (κ1) is 19.8. The van der Waals surface area contributed by atoms with E-state index in [-0.39, 0.29) is 0 Å². The molecule has 1 aliphatic rings. The molecule has 4 rings (SSSR count). The number of fused-ring (bicyclic) bond motifs is 1. The Hall–Kier alpha value is -1.55. The number of halogens is 2. The molecule has 3 nitrogen and oxygen atoms in total. The molecule has 0 N–H and O–H groups in total.